The predicted molar refractivity (Wildman–Crippen MR) is 57.7 cm³/mol. The smallest absolute Gasteiger partial charge is 0.153 e. The van der Waals surface area contributed by atoms with Crippen LogP contribution in [0, 0.1) is 23.7 Å². The Bertz CT molecular complexity index is 416. The summed E-state index contributed by atoms with van der Waals surface area (Å²) in [6, 6.07) is 2.08. The van der Waals surface area contributed by atoms with Gasteiger partial charge in [0.1, 0.15) is 5.54 Å². The van der Waals surface area contributed by atoms with Crippen molar-refractivity contribution in [3.63, 3.8) is 0 Å². The minimum absolute atomic E-state index is 0.222. The molecule has 0 aromatic rings. The summed E-state index contributed by atoms with van der Waals surface area (Å²) in [6.45, 7) is 0.222. The van der Waals surface area contributed by atoms with Gasteiger partial charge in [-0.25, -0.2) is 8.42 Å². The van der Waals surface area contributed by atoms with Gasteiger partial charge in [0.25, 0.3) is 0 Å². The molecule has 2 unspecified atom stereocenters. The number of nitrogens with zero attached hydrogens (tertiary/aromatic N) is 1. The standard InChI is InChI=1S/C10H14N2O2S/c1-3-7-12-10(8-11)6-4-5-9(10)15(2,13)14/h1,9,12H,4-7H2,2H3. The maximum atomic E-state index is 11.5. The molecule has 15 heavy (non-hydrogen) atoms. The van der Waals surface area contributed by atoms with Crippen molar-refractivity contribution in [3.05, 3.63) is 0 Å². The van der Waals surface area contributed by atoms with Crippen molar-refractivity contribution >= 4 is 9.84 Å². The Hall–Kier alpha value is -1.04. The van der Waals surface area contributed by atoms with Gasteiger partial charge in [-0.3, -0.25) is 5.32 Å². The highest BCUT2D eigenvalue weighted by Gasteiger charge is 2.48. The van der Waals surface area contributed by atoms with Crippen LogP contribution in [0.15, 0.2) is 0 Å². The minimum Gasteiger partial charge on any atom is -0.287 e. The van der Waals surface area contributed by atoms with E-state index in [1.54, 1.807) is 0 Å². The van der Waals surface area contributed by atoms with E-state index < -0.39 is 20.6 Å². The Kier molecular flexibility index (Phi) is 3.38. The number of hydrogen-bond donors (Lipinski definition) is 1. The van der Waals surface area contributed by atoms with E-state index >= 15 is 0 Å². The zero-order valence-corrected chi connectivity index (χ0v) is 9.47. The Morgan fingerprint density at radius 3 is 2.80 bits per heavy atom. The van der Waals surface area contributed by atoms with Crippen LogP contribution >= 0.6 is 0 Å². The van der Waals surface area contributed by atoms with Crippen LogP contribution in [0.3, 0.4) is 0 Å². The first-order valence-corrected chi connectivity index (χ1v) is 6.70. The number of hydrogen-bond acceptors (Lipinski definition) is 4. The van der Waals surface area contributed by atoms with E-state index in [0.29, 0.717) is 12.8 Å². The molecule has 5 heteroatoms. The molecule has 1 fully saturated rings. The van der Waals surface area contributed by atoms with Gasteiger partial charge in [-0.2, -0.15) is 5.26 Å². The molecule has 82 valence electrons. The lowest BCUT2D eigenvalue weighted by Crippen LogP contribution is -2.52. The van der Waals surface area contributed by atoms with Gasteiger partial charge in [-0.1, -0.05) is 5.92 Å². The summed E-state index contributed by atoms with van der Waals surface area (Å²) < 4.78 is 23.1. The Morgan fingerprint density at radius 2 is 2.33 bits per heavy atom. The van der Waals surface area contributed by atoms with E-state index in [2.05, 4.69) is 17.3 Å². The second-order valence-corrected chi connectivity index (χ2v) is 6.08. The molecule has 0 radical (unpaired) electrons. The molecule has 0 saturated heterocycles. The Labute approximate surface area is 90.6 Å². The normalized spacial score (nSPS) is 30.7. The van der Waals surface area contributed by atoms with Crippen molar-refractivity contribution in [2.75, 3.05) is 12.8 Å². The topological polar surface area (TPSA) is 70.0 Å². The fourth-order valence-corrected chi connectivity index (χ4v) is 3.71. The van der Waals surface area contributed by atoms with E-state index in [1.807, 2.05) is 0 Å². The molecular weight excluding hydrogens is 212 g/mol. The maximum Gasteiger partial charge on any atom is 0.153 e. The van der Waals surface area contributed by atoms with Crippen LogP contribution in [0.5, 0.6) is 0 Å². The van der Waals surface area contributed by atoms with Gasteiger partial charge < -0.3 is 0 Å². The highest BCUT2D eigenvalue weighted by Crippen LogP contribution is 2.34. The van der Waals surface area contributed by atoms with Gasteiger partial charge >= 0.3 is 0 Å². The van der Waals surface area contributed by atoms with Crippen LogP contribution in [-0.4, -0.2) is 32.0 Å². The molecular formula is C10H14N2O2S. The van der Waals surface area contributed by atoms with E-state index in [-0.39, 0.29) is 6.54 Å². The van der Waals surface area contributed by atoms with E-state index in [1.165, 1.54) is 6.26 Å². The number of terminal acetylenes is 1. The minimum atomic E-state index is -3.21. The van der Waals surface area contributed by atoms with Crippen LogP contribution in [0.2, 0.25) is 0 Å². The van der Waals surface area contributed by atoms with Crippen LogP contribution in [-0.2, 0) is 9.84 Å². The monoisotopic (exact) mass is 226 g/mol. The lowest BCUT2D eigenvalue weighted by atomic mass is 9.99. The third-order valence-electron chi connectivity index (χ3n) is 2.81. The average Bonchev–Trinajstić information content (AvgIpc) is 2.58. The van der Waals surface area contributed by atoms with Crippen molar-refractivity contribution in [1.29, 1.82) is 5.26 Å². The van der Waals surface area contributed by atoms with Crippen molar-refractivity contribution in [3.8, 4) is 18.4 Å². The van der Waals surface area contributed by atoms with Gasteiger partial charge in [-0.15, -0.1) is 6.42 Å². The molecule has 0 aromatic heterocycles. The molecule has 0 spiro atoms. The van der Waals surface area contributed by atoms with Crippen LogP contribution < -0.4 is 5.32 Å². The third kappa shape index (κ3) is 2.31. The average molecular weight is 226 g/mol. The fraction of sp³-hybridized carbons (Fsp3) is 0.700. The summed E-state index contributed by atoms with van der Waals surface area (Å²) in [6.07, 6.45) is 8.09. The van der Waals surface area contributed by atoms with Crippen LogP contribution in [0.25, 0.3) is 0 Å². The molecule has 2 atom stereocenters. The second kappa shape index (κ2) is 4.22. The summed E-state index contributed by atoms with van der Waals surface area (Å²) in [5.74, 6) is 2.37. The number of rotatable bonds is 3. The molecule has 1 N–H and O–H groups in total. The first kappa shape index (κ1) is 12.0. The van der Waals surface area contributed by atoms with E-state index in [9.17, 15) is 8.42 Å². The van der Waals surface area contributed by atoms with Gasteiger partial charge in [0.05, 0.1) is 17.9 Å². The summed E-state index contributed by atoms with van der Waals surface area (Å²) in [5.41, 5.74) is -0.986. The van der Waals surface area contributed by atoms with Gasteiger partial charge in [-0.05, 0) is 19.3 Å². The molecule has 1 aliphatic rings. The molecule has 0 bridgehead atoms. The number of sulfone groups is 1. The second-order valence-electron chi connectivity index (χ2n) is 3.85. The Balaban J connectivity index is 2.99. The SMILES string of the molecule is C#CCNC1(C#N)CCCC1S(C)(=O)=O. The summed E-state index contributed by atoms with van der Waals surface area (Å²) in [4.78, 5) is 0. The molecule has 1 saturated carbocycles. The van der Waals surface area contributed by atoms with Gasteiger partial charge in [0.2, 0.25) is 0 Å². The van der Waals surface area contributed by atoms with E-state index in [4.69, 9.17) is 11.7 Å². The Morgan fingerprint density at radius 1 is 1.67 bits per heavy atom. The molecule has 4 nitrogen and oxygen atoms in total. The first-order chi connectivity index (χ1) is 6.96. The molecule has 0 amide bonds. The molecule has 0 aromatic carbocycles. The van der Waals surface area contributed by atoms with E-state index in [0.717, 1.165) is 6.42 Å². The highest BCUT2D eigenvalue weighted by molar-refractivity contribution is 7.91. The van der Waals surface area contributed by atoms with Crippen LogP contribution in [0.1, 0.15) is 19.3 Å². The van der Waals surface area contributed by atoms with Gasteiger partial charge in [0, 0.05) is 6.26 Å². The van der Waals surface area contributed by atoms with Crippen molar-refractivity contribution in [2.45, 2.75) is 30.1 Å². The molecule has 0 aliphatic heterocycles. The predicted octanol–water partition coefficient (Wildman–Crippen LogP) is 0.0687. The quantitative estimate of drug-likeness (QED) is 0.691. The van der Waals surface area contributed by atoms with Gasteiger partial charge in [0.15, 0.2) is 9.84 Å². The zero-order valence-electron chi connectivity index (χ0n) is 8.66. The fourth-order valence-electron chi connectivity index (χ4n) is 2.13. The number of nitriles is 1. The first-order valence-electron chi connectivity index (χ1n) is 4.75. The summed E-state index contributed by atoms with van der Waals surface area (Å²) in [5, 5.41) is 11.4. The maximum absolute atomic E-state index is 11.5. The largest absolute Gasteiger partial charge is 0.287 e. The molecule has 1 aliphatic carbocycles. The lowest BCUT2D eigenvalue weighted by molar-refractivity contribution is 0.441. The van der Waals surface area contributed by atoms with Crippen molar-refractivity contribution in [2.24, 2.45) is 0 Å². The zero-order chi connectivity index (χ0) is 11.5. The highest BCUT2D eigenvalue weighted by atomic mass is 32.2. The van der Waals surface area contributed by atoms with Crippen molar-refractivity contribution in [1.82, 2.24) is 5.32 Å². The number of nitrogens with one attached hydrogen (secondary N) is 1. The lowest BCUT2D eigenvalue weighted by Gasteiger charge is -2.27. The summed E-state index contributed by atoms with van der Waals surface area (Å²) >= 11 is 0. The molecule has 1 rings (SSSR count). The third-order valence-corrected chi connectivity index (χ3v) is 4.48. The summed E-state index contributed by atoms with van der Waals surface area (Å²) in [7, 11) is -3.21. The van der Waals surface area contributed by atoms with Crippen LogP contribution in [0.4, 0.5) is 0 Å². The molecule has 0 heterocycles. The van der Waals surface area contributed by atoms with Crippen molar-refractivity contribution < 1.29 is 8.42 Å².